The van der Waals surface area contributed by atoms with E-state index < -0.39 is 0 Å². The summed E-state index contributed by atoms with van der Waals surface area (Å²) in [5.74, 6) is 0. The third kappa shape index (κ3) is 4.43. The molecule has 0 unspecified atom stereocenters. The molecule has 1 aromatic heterocycles. The fourth-order valence-corrected chi connectivity index (χ4v) is 0.167. The first kappa shape index (κ1) is 6.43. The van der Waals surface area contributed by atoms with Crippen molar-refractivity contribution in [3.8, 4) is 6.26 Å². The predicted octanol–water partition coefficient (Wildman–Crippen LogP) is -0.355. The first-order valence-electron chi connectivity index (χ1n) is 1.74. The highest BCUT2D eigenvalue weighted by molar-refractivity contribution is 4.54. The second-order valence-corrected chi connectivity index (χ2v) is 0.756. The molecule has 1 heterocycles. The van der Waals surface area contributed by atoms with Crippen LogP contribution in [0.1, 0.15) is 0 Å². The lowest BCUT2D eigenvalue weighted by molar-refractivity contribution is 0.503. The second-order valence-electron chi connectivity index (χ2n) is 0.756. The van der Waals surface area contributed by atoms with Gasteiger partial charge in [-0.3, -0.25) is 0 Å². The van der Waals surface area contributed by atoms with E-state index in [9.17, 15) is 0 Å². The summed E-state index contributed by atoms with van der Waals surface area (Å²) < 4.78 is 0. The molecule has 0 radical (unpaired) electrons. The number of hydrogen-bond acceptors (Lipinski definition) is 4. The van der Waals surface area contributed by atoms with Crippen LogP contribution in [-0.2, 0) is 0 Å². The van der Waals surface area contributed by atoms with Gasteiger partial charge in [0, 0.05) is 0 Å². The van der Waals surface area contributed by atoms with E-state index in [2.05, 4.69) is 15.4 Å². The van der Waals surface area contributed by atoms with E-state index in [0.29, 0.717) is 0 Å². The van der Waals surface area contributed by atoms with Gasteiger partial charge in [0.15, 0.2) is 0 Å². The topological polar surface area (TPSA) is 85.6 Å². The van der Waals surface area contributed by atoms with Crippen LogP contribution < -0.4 is 0 Å². The molecule has 0 aliphatic heterocycles. The fraction of sp³-hybridized carbons (Fsp3) is 0. The van der Waals surface area contributed by atoms with Crippen molar-refractivity contribution in [3.63, 3.8) is 0 Å². The molecule has 42 valence electrons. The summed E-state index contributed by atoms with van der Waals surface area (Å²) in [6.07, 6.45) is 3.92. The number of nitriles is 1. The average molecular weight is 112 g/mol. The highest BCUT2D eigenvalue weighted by Gasteiger charge is 1.57. The molecule has 0 aliphatic rings. The molecule has 0 aromatic carbocycles. The number of rotatable bonds is 0. The molecule has 0 fully saturated rings. The minimum atomic E-state index is 0.750. The number of nitrogens with zero attached hydrogens (tertiary/aromatic N) is 3. The van der Waals surface area contributed by atoms with Crippen molar-refractivity contribution >= 4 is 0 Å². The first-order valence-corrected chi connectivity index (χ1v) is 1.74. The molecule has 0 saturated carbocycles. The van der Waals surface area contributed by atoms with Crippen LogP contribution in [0.4, 0.5) is 0 Å². The number of aromatic amines is 1. The number of aliphatic hydroxyl groups is 1. The quantitative estimate of drug-likeness (QED) is 0.449. The second kappa shape index (κ2) is 5.43. The van der Waals surface area contributed by atoms with Gasteiger partial charge >= 0.3 is 0 Å². The fourth-order valence-electron chi connectivity index (χ4n) is 0.167. The first-order chi connectivity index (χ1) is 3.91. The third-order valence-corrected chi connectivity index (χ3v) is 0.331. The van der Waals surface area contributed by atoms with Gasteiger partial charge in [0.25, 0.3) is 6.26 Å². The number of hydrogen-bond donors (Lipinski definition) is 2. The zero-order chi connectivity index (χ0) is 6.24. The highest BCUT2D eigenvalue weighted by Crippen LogP contribution is 1.55. The number of nitrogens with one attached hydrogen (secondary N) is 1. The third-order valence-electron chi connectivity index (χ3n) is 0.331. The summed E-state index contributed by atoms with van der Waals surface area (Å²) in [4.78, 5) is 0. The van der Waals surface area contributed by atoms with Crippen molar-refractivity contribution in [2.75, 3.05) is 0 Å². The summed E-state index contributed by atoms with van der Waals surface area (Å²) >= 11 is 0. The zero-order valence-corrected chi connectivity index (χ0v) is 3.94. The van der Waals surface area contributed by atoms with E-state index in [1.54, 1.807) is 12.4 Å². The van der Waals surface area contributed by atoms with Crippen molar-refractivity contribution in [3.05, 3.63) is 12.4 Å². The van der Waals surface area contributed by atoms with Gasteiger partial charge in [-0.2, -0.15) is 20.7 Å². The van der Waals surface area contributed by atoms with Crippen LogP contribution in [0.15, 0.2) is 12.4 Å². The molecule has 2 N–H and O–H groups in total. The summed E-state index contributed by atoms with van der Waals surface area (Å²) in [7, 11) is 0. The lowest BCUT2D eigenvalue weighted by Crippen LogP contribution is -1.61. The largest absolute Gasteiger partial charge is 0.443 e. The lowest BCUT2D eigenvalue weighted by atomic mass is 11.0. The van der Waals surface area contributed by atoms with Gasteiger partial charge in [-0.25, -0.2) is 0 Å². The summed E-state index contributed by atoms with van der Waals surface area (Å²) in [6, 6.07) is 0. The van der Waals surface area contributed by atoms with Crippen LogP contribution in [0, 0.1) is 11.5 Å². The molecule has 0 saturated heterocycles. The van der Waals surface area contributed by atoms with E-state index in [-0.39, 0.29) is 0 Å². The lowest BCUT2D eigenvalue weighted by Gasteiger charge is -1.48. The standard InChI is InChI=1S/C2H3N3.CHNO/c1-2-4-5-3-1;2-1-3/h1-2H,(H,3,4,5);3H. The van der Waals surface area contributed by atoms with Crippen LogP contribution in [0.3, 0.4) is 0 Å². The van der Waals surface area contributed by atoms with Crippen molar-refractivity contribution < 1.29 is 5.11 Å². The number of aliphatic hydroxyl groups excluding tert-OH is 1. The Hall–Kier alpha value is -1.57. The monoisotopic (exact) mass is 112 g/mol. The van der Waals surface area contributed by atoms with Gasteiger partial charge in [-0.15, -0.1) is 0 Å². The molecule has 0 aliphatic carbocycles. The van der Waals surface area contributed by atoms with E-state index >= 15 is 0 Å². The molecule has 5 nitrogen and oxygen atoms in total. The number of aromatic nitrogens is 3. The normalized spacial score (nSPS) is 5.88. The molecule has 0 bridgehead atoms. The molecular formula is C3H4N4O. The maximum absolute atomic E-state index is 6.88. The maximum atomic E-state index is 6.88. The van der Waals surface area contributed by atoms with E-state index in [1.165, 1.54) is 0 Å². The summed E-state index contributed by atoms with van der Waals surface area (Å²) in [5, 5.41) is 23.1. The van der Waals surface area contributed by atoms with Crippen LogP contribution >= 0.6 is 0 Å². The minimum Gasteiger partial charge on any atom is -0.443 e. The van der Waals surface area contributed by atoms with Crippen molar-refractivity contribution in [2.45, 2.75) is 0 Å². The van der Waals surface area contributed by atoms with E-state index in [1.807, 2.05) is 0 Å². The molecule has 0 atom stereocenters. The van der Waals surface area contributed by atoms with Crippen LogP contribution in [-0.4, -0.2) is 20.5 Å². The van der Waals surface area contributed by atoms with Gasteiger partial charge in [-0.1, -0.05) is 0 Å². The molecule has 0 amide bonds. The Morgan fingerprint density at radius 2 is 1.88 bits per heavy atom. The Labute approximate surface area is 45.6 Å². The van der Waals surface area contributed by atoms with Crippen molar-refractivity contribution in [1.29, 1.82) is 5.26 Å². The molecule has 8 heavy (non-hydrogen) atoms. The molecule has 0 spiro atoms. The number of H-pyrrole nitrogens is 1. The van der Waals surface area contributed by atoms with Gasteiger partial charge in [-0.05, 0) is 0 Å². The van der Waals surface area contributed by atoms with Crippen LogP contribution in [0.5, 0.6) is 0 Å². The molecule has 1 aromatic rings. The predicted molar refractivity (Wildman–Crippen MR) is 23.9 cm³/mol. The SMILES string of the molecule is N#CO.c1cn[nH]n1. The summed E-state index contributed by atoms with van der Waals surface area (Å²) in [5.41, 5.74) is 0. The van der Waals surface area contributed by atoms with Crippen molar-refractivity contribution in [1.82, 2.24) is 15.4 Å². The van der Waals surface area contributed by atoms with Gasteiger partial charge < -0.3 is 5.11 Å². The van der Waals surface area contributed by atoms with Crippen LogP contribution in [0.25, 0.3) is 0 Å². The maximum Gasteiger partial charge on any atom is 0.283 e. The van der Waals surface area contributed by atoms with Gasteiger partial charge in [0.05, 0.1) is 12.4 Å². The van der Waals surface area contributed by atoms with Gasteiger partial charge in [0.2, 0.25) is 0 Å². The molecule has 5 heteroatoms. The Morgan fingerprint density at radius 1 is 1.50 bits per heavy atom. The Kier molecular flexibility index (Phi) is 4.36. The Morgan fingerprint density at radius 3 is 2.00 bits per heavy atom. The minimum absolute atomic E-state index is 0.750. The molecule has 1 rings (SSSR count). The highest BCUT2D eigenvalue weighted by atomic mass is 16.2. The Bertz CT molecular complexity index is 124. The van der Waals surface area contributed by atoms with Gasteiger partial charge in [0.1, 0.15) is 0 Å². The smallest absolute Gasteiger partial charge is 0.283 e. The van der Waals surface area contributed by atoms with E-state index in [4.69, 9.17) is 10.4 Å². The van der Waals surface area contributed by atoms with E-state index in [0.717, 1.165) is 6.26 Å². The average Bonchev–Trinajstić information content (AvgIpc) is 2.17. The summed E-state index contributed by atoms with van der Waals surface area (Å²) in [6.45, 7) is 0. The molecular weight excluding hydrogens is 108 g/mol. The Balaban J connectivity index is 0.000000145. The van der Waals surface area contributed by atoms with Crippen LogP contribution in [0.2, 0.25) is 0 Å². The zero-order valence-electron chi connectivity index (χ0n) is 3.94. The van der Waals surface area contributed by atoms with Crippen molar-refractivity contribution in [2.24, 2.45) is 0 Å².